The lowest BCUT2D eigenvalue weighted by atomic mass is 9.95. The molecule has 0 radical (unpaired) electrons. The Balaban J connectivity index is 1.91. The molecule has 6 nitrogen and oxygen atoms in total. The van der Waals surface area contributed by atoms with Gasteiger partial charge in [0.05, 0.1) is 24.1 Å². The minimum Gasteiger partial charge on any atom is -0.489 e. The van der Waals surface area contributed by atoms with Crippen LogP contribution in [0, 0.1) is 0 Å². The van der Waals surface area contributed by atoms with Gasteiger partial charge >= 0.3 is 12.0 Å². The van der Waals surface area contributed by atoms with Gasteiger partial charge in [0.15, 0.2) is 0 Å². The standard InChI is InChI=1S/C22H23ClN2O4/c1-3-28-21(26)19-18(13-23)25(2)22(27)24-20(19)16-10-7-11-17(12-16)29-14-15-8-5-4-6-9-15/h4-12,20H,3,13-14H2,1-2H3,(H,24,27). The molecule has 1 N–H and O–H groups in total. The van der Waals surface area contributed by atoms with Crippen LogP contribution >= 0.6 is 11.6 Å². The molecule has 1 unspecified atom stereocenters. The maximum absolute atomic E-state index is 12.7. The van der Waals surface area contributed by atoms with Gasteiger partial charge in [-0.1, -0.05) is 42.5 Å². The number of esters is 1. The molecule has 7 heteroatoms. The van der Waals surface area contributed by atoms with E-state index < -0.39 is 12.0 Å². The summed E-state index contributed by atoms with van der Waals surface area (Å²) < 4.78 is 11.1. The third kappa shape index (κ3) is 4.71. The van der Waals surface area contributed by atoms with E-state index in [-0.39, 0.29) is 18.5 Å². The lowest BCUT2D eigenvalue weighted by Crippen LogP contribution is -2.47. The van der Waals surface area contributed by atoms with Crippen molar-refractivity contribution < 1.29 is 19.1 Å². The van der Waals surface area contributed by atoms with Crippen molar-refractivity contribution >= 4 is 23.6 Å². The first-order valence-electron chi connectivity index (χ1n) is 9.32. The first-order valence-corrected chi connectivity index (χ1v) is 9.85. The number of urea groups is 1. The predicted octanol–water partition coefficient (Wildman–Crippen LogP) is 4.02. The predicted molar refractivity (Wildman–Crippen MR) is 111 cm³/mol. The van der Waals surface area contributed by atoms with E-state index in [0.717, 1.165) is 5.56 Å². The van der Waals surface area contributed by atoms with Crippen LogP contribution in [0.25, 0.3) is 0 Å². The van der Waals surface area contributed by atoms with Crippen LogP contribution in [0.4, 0.5) is 4.79 Å². The first-order chi connectivity index (χ1) is 14.0. The second-order valence-corrected chi connectivity index (χ2v) is 6.77. The molecule has 0 aromatic heterocycles. The molecular weight excluding hydrogens is 392 g/mol. The Kier molecular flexibility index (Phi) is 6.77. The second-order valence-electron chi connectivity index (χ2n) is 6.50. The quantitative estimate of drug-likeness (QED) is 0.549. The summed E-state index contributed by atoms with van der Waals surface area (Å²) in [5, 5.41) is 2.85. The normalized spacial score (nSPS) is 16.4. The minimum absolute atomic E-state index is 0.0127. The van der Waals surface area contributed by atoms with Crippen molar-refractivity contribution in [1.82, 2.24) is 10.2 Å². The number of carbonyl (C=O) groups is 2. The van der Waals surface area contributed by atoms with E-state index in [1.165, 1.54) is 4.90 Å². The number of benzene rings is 2. The topological polar surface area (TPSA) is 67.9 Å². The SMILES string of the molecule is CCOC(=O)C1=C(CCl)N(C)C(=O)NC1c1cccc(OCc2ccccc2)c1. The van der Waals surface area contributed by atoms with E-state index in [0.29, 0.717) is 29.2 Å². The van der Waals surface area contributed by atoms with Crippen LogP contribution in [0.5, 0.6) is 5.75 Å². The van der Waals surface area contributed by atoms with Gasteiger partial charge in [-0.2, -0.15) is 0 Å². The number of amides is 2. The molecule has 0 spiro atoms. The highest BCUT2D eigenvalue weighted by Crippen LogP contribution is 2.33. The van der Waals surface area contributed by atoms with Gasteiger partial charge in [0.2, 0.25) is 0 Å². The third-order valence-electron chi connectivity index (χ3n) is 4.64. The van der Waals surface area contributed by atoms with Crippen molar-refractivity contribution in [2.45, 2.75) is 19.6 Å². The molecular formula is C22H23ClN2O4. The van der Waals surface area contributed by atoms with Crippen LogP contribution < -0.4 is 10.1 Å². The number of nitrogens with zero attached hydrogens (tertiary/aromatic N) is 1. The number of nitrogens with one attached hydrogen (secondary N) is 1. The Morgan fingerprint density at radius 3 is 2.62 bits per heavy atom. The van der Waals surface area contributed by atoms with Crippen molar-refractivity contribution in [3.63, 3.8) is 0 Å². The molecule has 1 aliphatic rings. The van der Waals surface area contributed by atoms with Gasteiger partial charge in [0, 0.05) is 12.7 Å². The summed E-state index contributed by atoms with van der Waals surface area (Å²) in [5.41, 5.74) is 2.50. The molecule has 152 valence electrons. The summed E-state index contributed by atoms with van der Waals surface area (Å²) in [6.45, 7) is 2.37. The van der Waals surface area contributed by atoms with E-state index in [4.69, 9.17) is 21.1 Å². The largest absolute Gasteiger partial charge is 0.489 e. The molecule has 1 atom stereocenters. The van der Waals surface area contributed by atoms with Gasteiger partial charge in [0.25, 0.3) is 0 Å². The summed E-state index contributed by atoms with van der Waals surface area (Å²) in [6, 6.07) is 16.1. The summed E-state index contributed by atoms with van der Waals surface area (Å²) >= 11 is 6.07. The Morgan fingerprint density at radius 2 is 1.93 bits per heavy atom. The van der Waals surface area contributed by atoms with E-state index in [1.807, 2.05) is 54.6 Å². The number of halogens is 1. The zero-order chi connectivity index (χ0) is 20.8. The van der Waals surface area contributed by atoms with Crippen molar-refractivity contribution in [2.75, 3.05) is 19.5 Å². The summed E-state index contributed by atoms with van der Waals surface area (Å²) in [5.74, 6) is 0.143. The van der Waals surface area contributed by atoms with Crippen LogP contribution in [-0.2, 0) is 16.1 Å². The van der Waals surface area contributed by atoms with Crippen molar-refractivity contribution in [3.05, 3.63) is 77.0 Å². The highest BCUT2D eigenvalue weighted by atomic mass is 35.5. The molecule has 3 rings (SSSR count). The lowest BCUT2D eigenvalue weighted by molar-refractivity contribution is -0.139. The molecule has 0 fully saturated rings. The first kappa shape index (κ1) is 20.7. The number of rotatable bonds is 7. The number of alkyl halides is 1. The van der Waals surface area contributed by atoms with Gasteiger partial charge in [-0.25, -0.2) is 9.59 Å². The molecule has 1 aliphatic heterocycles. The Morgan fingerprint density at radius 1 is 1.17 bits per heavy atom. The number of ether oxygens (including phenoxy) is 2. The van der Waals surface area contributed by atoms with Gasteiger partial charge in [0.1, 0.15) is 12.4 Å². The molecule has 0 bridgehead atoms. The maximum Gasteiger partial charge on any atom is 0.338 e. The highest BCUT2D eigenvalue weighted by Gasteiger charge is 2.36. The van der Waals surface area contributed by atoms with E-state index in [9.17, 15) is 9.59 Å². The maximum atomic E-state index is 12.7. The smallest absolute Gasteiger partial charge is 0.338 e. The van der Waals surface area contributed by atoms with Crippen molar-refractivity contribution in [3.8, 4) is 5.75 Å². The second kappa shape index (κ2) is 9.47. The van der Waals surface area contributed by atoms with E-state index >= 15 is 0 Å². The van der Waals surface area contributed by atoms with Crippen molar-refractivity contribution in [2.24, 2.45) is 0 Å². The van der Waals surface area contributed by atoms with E-state index in [1.54, 1.807) is 14.0 Å². The summed E-state index contributed by atoms with van der Waals surface area (Å²) in [6.07, 6.45) is 0. The lowest BCUT2D eigenvalue weighted by Gasteiger charge is -2.34. The summed E-state index contributed by atoms with van der Waals surface area (Å²) in [4.78, 5) is 26.4. The molecule has 0 saturated heterocycles. The van der Waals surface area contributed by atoms with Crippen LogP contribution in [0.15, 0.2) is 65.9 Å². The Hall–Kier alpha value is -2.99. The molecule has 0 aliphatic carbocycles. The molecule has 1 heterocycles. The number of carbonyl (C=O) groups excluding carboxylic acids is 2. The zero-order valence-electron chi connectivity index (χ0n) is 16.4. The number of hydrogen-bond donors (Lipinski definition) is 1. The number of allylic oxidation sites excluding steroid dienone is 1. The number of hydrogen-bond acceptors (Lipinski definition) is 4. The molecule has 29 heavy (non-hydrogen) atoms. The fourth-order valence-corrected chi connectivity index (χ4v) is 3.47. The zero-order valence-corrected chi connectivity index (χ0v) is 17.1. The van der Waals surface area contributed by atoms with E-state index in [2.05, 4.69) is 5.32 Å². The van der Waals surface area contributed by atoms with Gasteiger partial charge in [-0.3, -0.25) is 4.90 Å². The molecule has 2 aromatic carbocycles. The monoisotopic (exact) mass is 414 g/mol. The Bertz CT molecular complexity index is 914. The van der Waals surface area contributed by atoms with Crippen LogP contribution in [0.1, 0.15) is 24.1 Å². The molecule has 0 saturated carbocycles. The van der Waals surface area contributed by atoms with Crippen LogP contribution in [0.2, 0.25) is 0 Å². The van der Waals surface area contributed by atoms with Crippen molar-refractivity contribution in [1.29, 1.82) is 0 Å². The fraction of sp³-hybridized carbons (Fsp3) is 0.273. The third-order valence-corrected chi connectivity index (χ3v) is 4.89. The minimum atomic E-state index is -0.674. The highest BCUT2D eigenvalue weighted by molar-refractivity contribution is 6.20. The van der Waals surface area contributed by atoms with Gasteiger partial charge in [-0.15, -0.1) is 11.6 Å². The van der Waals surface area contributed by atoms with Crippen LogP contribution in [-0.4, -0.2) is 36.4 Å². The molecule has 2 amide bonds. The summed E-state index contributed by atoms with van der Waals surface area (Å²) in [7, 11) is 1.57. The molecule has 2 aromatic rings. The Labute approximate surface area is 175 Å². The van der Waals surface area contributed by atoms with Gasteiger partial charge in [-0.05, 0) is 30.2 Å². The average molecular weight is 415 g/mol. The van der Waals surface area contributed by atoms with Crippen LogP contribution in [0.3, 0.4) is 0 Å². The fourth-order valence-electron chi connectivity index (χ4n) is 3.14. The van der Waals surface area contributed by atoms with Gasteiger partial charge < -0.3 is 14.8 Å². The average Bonchev–Trinajstić information content (AvgIpc) is 2.74.